The number of hydrogen-bond acceptors (Lipinski definition) is 14. The van der Waals surface area contributed by atoms with Gasteiger partial charge in [0, 0.05) is 0 Å². The smallest absolute Gasteiger partial charge is 0.282 e. The lowest BCUT2D eigenvalue weighted by atomic mass is 10.1. The molecule has 0 heterocycles. The molecule has 6 rings (SSSR count). The second-order valence-electron chi connectivity index (χ2n) is 11.9. The van der Waals surface area contributed by atoms with Gasteiger partial charge in [0.1, 0.15) is 15.5 Å². The Kier molecular flexibility index (Phi) is 12.4. The molecular formula is C38H28N8O9S3. The lowest BCUT2D eigenvalue weighted by molar-refractivity contribution is 0.481. The molecular weight excluding hydrogens is 809 g/mol. The van der Waals surface area contributed by atoms with Crippen LogP contribution in [0, 0.1) is 0 Å². The van der Waals surface area contributed by atoms with E-state index < -0.39 is 40.1 Å². The molecule has 0 radical (unpaired) electrons. The number of hydrogen-bond donors (Lipinski definition) is 3. The van der Waals surface area contributed by atoms with Crippen molar-refractivity contribution in [1.82, 2.24) is 0 Å². The van der Waals surface area contributed by atoms with Crippen LogP contribution in [0.1, 0.15) is 11.1 Å². The Morgan fingerprint density at radius 3 is 1.26 bits per heavy atom. The summed E-state index contributed by atoms with van der Waals surface area (Å²) in [6.07, 6.45) is 3.07. The first kappa shape index (κ1) is 40.8. The predicted molar refractivity (Wildman–Crippen MR) is 214 cm³/mol. The van der Waals surface area contributed by atoms with E-state index in [2.05, 4.69) is 40.9 Å². The number of azo groups is 4. The van der Waals surface area contributed by atoms with Gasteiger partial charge < -0.3 is 0 Å². The maximum Gasteiger partial charge on any atom is 0.296 e. The fourth-order valence-electron chi connectivity index (χ4n) is 4.86. The molecule has 0 bridgehead atoms. The van der Waals surface area contributed by atoms with E-state index in [0.29, 0.717) is 34.0 Å². The van der Waals surface area contributed by atoms with Crippen LogP contribution in [-0.2, 0) is 30.4 Å². The van der Waals surface area contributed by atoms with Gasteiger partial charge in [-0.3, -0.25) is 13.7 Å². The first-order valence-corrected chi connectivity index (χ1v) is 20.8. The van der Waals surface area contributed by atoms with E-state index in [1.807, 2.05) is 0 Å². The van der Waals surface area contributed by atoms with Gasteiger partial charge in [-0.2, -0.15) is 61.1 Å². The van der Waals surface area contributed by atoms with E-state index >= 15 is 0 Å². The fraction of sp³-hybridized carbons (Fsp3) is 0. The highest BCUT2D eigenvalue weighted by Gasteiger charge is 2.18. The molecule has 0 atom stereocenters. The fourth-order valence-corrected chi connectivity index (χ4v) is 6.69. The first-order chi connectivity index (χ1) is 27.6. The molecule has 17 nitrogen and oxygen atoms in total. The highest BCUT2D eigenvalue weighted by molar-refractivity contribution is 7.86. The van der Waals surface area contributed by atoms with Gasteiger partial charge in [-0.15, -0.1) is 5.11 Å². The van der Waals surface area contributed by atoms with E-state index in [-0.39, 0.29) is 27.5 Å². The van der Waals surface area contributed by atoms with Crippen LogP contribution >= 0.6 is 0 Å². The van der Waals surface area contributed by atoms with E-state index in [0.717, 1.165) is 12.1 Å². The van der Waals surface area contributed by atoms with Crippen molar-refractivity contribution in [2.75, 3.05) is 0 Å². The minimum Gasteiger partial charge on any atom is -0.282 e. The third-order valence-electron chi connectivity index (χ3n) is 7.70. The number of rotatable bonds is 13. The van der Waals surface area contributed by atoms with Crippen molar-refractivity contribution < 1.29 is 38.9 Å². The Labute approximate surface area is 331 Å². The zero-order chi connectivity index (χ0) is 41.3. The highest BCUT2D eigenvalue weighted by atomic mass is 32.2. The van der Waals surface area contributed by atoms with Crippen LogP contribution in [0.25, 0.3) is 12.2 Å². The van der Waals surface area contributed by atoms with Crippen LogP contribution in [0.2, 0.25) is 0 Å². The van der Waals surface area contributed by atoms with Gasteiger partial charge in [-0.1, -0.05) is 48.6 Å². The molecule has 292 valence electrons. The van der Waals surface area contributed by atoms with E-state index in [1.165, 1.54) is 54.6 Å². The molecule has 0 aliphatic heterocycles. The predicted octanol–water partition coefficient (Wildman–Crippen LogP) is 11.3. The van der Waals surface area contributed by atoms with Crippen molar-refractivity contribution >= 4 is 88.0 Å². The molecule has 0 aliphatic rings. The zero-order valence-corrected chi connectivity index (χ0v) is 32.0. The van der Waals surface area contributed by atoms with Crippen LogP contribution in [0.4, 0.5) is 45.5 Å². The first-order valence-electron chi connectivity index (χ1n) is 16.5. The molecule has 0 amide bonds. The summed E-state index contributed by atoms with van der Waals surface area (Å²) >= 11 is 0. The minimum absolute atomic E-state index is 0.0426. The van der Waals surface area contributed by atoms with Crippen LogP contribution in [0.5, 0.6) is 0 Å². The van der Waals surface area contributed by atoms with Crippen LogP contribution in [-0.4, -0.2) is 38.9 Å². The van der Waals surface area contributed by atoms with Crippen LogP contribution in [0.15, 0.2) is 195 Å². The number of benzene rings is 6. The molecule has 0 unspecified atom stereocenters. The van der Waals surface area contributed by atoms with Gasteiger partial charge in [0.15, 0.2) is 0 Å². The highest BCUT2D eigenvalue weighted by Crippen LogP contribution is 2.33. The molecule has 0 aliphatic carbocycles. The summed E-state index contributed by atoms with van der Waals surface area (Å²) < 4.78 is 100. The molecule has 20 heteroatoms. The van der Waals surface area contributed by atoms with Crippen molar-refractivity contribution in [3.8, 4) is 0 Å². The van der Waals surface area contributed by atoms with Crippen molar-refractivity contribution in [1.29, 1.82) is 0 Å². The van der Waals surface area contributed by atoms with Gasteiger partial charge in [0.05, 0.1) is 44.7 Å². The van der Waals surface area contributed by atoms with Crippen molar-refractivity contribution in [2.24, 2.45) is 40.9 Å². The average molecular weight is 837 g/mol. The Hall–Kier alpha value is -6.81. The van der Waals surface area contributed by atoms with Crippen molar-refractivity contribution in [3.63, 3.8) is 0 Å². The summed E-state index contributed by atoms with van der Waals surface area (Å²) in [7, 11) is -13.8. The van der Waals surface area contributed by atoms with Crippen molar-refractivity contribution in [2.45, 2.75) is 14.7 Å². The van der Waals surface area contributed by atoms with E-state index in [1.54, 1.807) is 84.9 Å². The van der Waals surface area contributed by atoms with Crippen LogP contribution in [0.3, 0.4) is 0 Å². The largest absolute Gasteiger partial charge is 0.296 e. The summed E-state index contributed by atoms with van der Waals surface area (Å²) in [5, 5.41) is 32.4. The quantitative estimate of drug-likeness (QED) is 0.0566. The topological polar surface area (TPSA) is 262 Å². The maximum atomic E-state index is 12.3. The Morgan fingerprint density at radius 2 is 0.759 bits per heavy atom. The van der Waals surface area contributed by atoms with Gasteiger partial charge in [-0.25, -0.2) is 0 Å². The Morgan fingerprint density at radius 1 is 0.362 bits per heavy atom. The average Bonchev–Trinajstić information content (AvgIpc) is 3.20. The molecule has 3 N–H and O–H groups in total. The molecule has 0 saturated heterocycles. The molecule has 6 aromatic carbocycles. The molecule has 58 heavy (non-hydrogen) atoms. The second-order valence-corrected chi connectivity index (χ2v) is 16.1. The minimum atomic E-state index is -4.78. The van der Waals surface area contributed by atoms with E-state index in [4.69, 9.17) is 4.55 Å². The lowest BCUT2D eigenvalue weighted by Crippen LogP contribution is -2.00. The molecule has 0 fully saturated rings. The summed E-state index contributed by atoms with van der Waals surface area (Å²) in [4.78, 5) is -1.34. The van der Waals surface area contributed by atoms with Gasteiger partial charge in [-0.05, 0) is 114 Å². The standard InChI is InChI=1S/C38H28N8O9S3/c47-56(48,49)35-21-18-32(19-22-35)43-42-31-16-14-30(15-17-31)41-40-29-11-7-26(8-12-29)6-9-27-10-13-33(24-37(27)57(50,51)52)45-46-36-23-20-34(25-38(36)58(53,54)55)44-39-28-4-2-1-3-5-28/h1-25H,(H,47,48,49)(H,50,51,52)(H,53,54,55). The molecule has 0 saturated carbocycles. The molecule has 6 aromatic rings. The molecule has 0 spiro atoms. The Bertz CT molecular complexity index is 2940. The normalized spacial score (nSPS) is 12.8. The zero-order valence-electron chi connectivity index (χ0n) is 29.5. The lowest BCUT2D eigenvalue weighted by Gasteiger charge is -2.05. The monoisotopic (exact) mass is 836 g/mol. The van der Waals surface area contributed by atoms with Gasteiger partial charge in [0.25, 0.3) is 30.4 Å². The van der Waals surface area contributed by atoms with Gasteiger partial charge >= 0.3 is 0 Å². The third-order valence-corrected chi connectivity index (χ3v) is 10.4. The summed E-state index contributed by atoms with van der Waals surface area (Å²) in [6, 6.07) is 34.9. The Balaban J connectivity index is 1.11. The summed E-state index contributed by atoms with van der Waals surface area (Å²) in [5.74, 6) is 0. The number of nitrogens with zero attached hydrogens (tertiary/aromatic N) is 8. The van der Waals surface area contributed by atoms with Crippen LogP contribution < -0.4 is 0 Å². The maximum absolute atomic E-state index is 12.3. The van der Waals surface area contributed by atoms with E-state index in [9.17, 15) is 34.4 Å². The summed E-state index contributed by atoms with van der Waals surface area (Å²) in [5.41, 5.74) is 3.04. The van der Waals surface area contributed by atoms with Gasteiger partial charge in [0.2, 0.25) is 0 Å². The van der Waals surface area contributed by atoms with Crippen molar-refractivity contribution in [3.05, 3.63) is 151 Å². The SMILES string of the molecule is O=S(=O)(O)c1ccc(N=Nc2ccc(N=Nc3ccc(C=Cc4ccc(N=Nc5ccc(N=Nc6ccccc6)cc5S(=O)(=O)O)cc4S(=O)(=O)O)cc3)cc2)cc1. The second kappa shape index (κ2) is 17.5. The third kappa shape index (κ3) is 11.4. The summed E-state index contributed by atoms with van der Waals surface area (Å²) in [6.45, 7) is 0. The molecule has 0 aromatic heterocycles.